The molecule has 2 saturated carbocycles. The van der Waals surface area contributed by atoms with Gasteiger partial charge in [-0.05, 0) is 224 Å². The van der Waals surface area contributed by atoms with Gasteiger partial charge in [-0.2, -0.15) is 0 Å². The first kappa shape index (κ1) is 58.7. The minimum Gasteiger partial charge on any atom is -0.490 e. The highest BCUT2D eigenvalue weighted by Crippen LogP contribution is 2.49. The van der Waals surface area contributed by atoms with Crippen LogP contribution in [0.2, 0.25) is 10.0 Å². The summed E-state index contributed by atoms with van der Waals surface area (Å²) in [4.78, 5) is 31.3. The lowest BCUT2D eigenvalue weighted by Gasteiger charge is -2.45. The van der Waals surface area contributed by atoms with E-state index in [0.717, 1.165) is 85.6 Å². The minimum absolute atomic E-state index is 0.128. The van der Waals surface area contributed by atoms with Crippen LogP contribution in [-0.4, -0.2) is 100.0 Å². The maximum Gasteiger partial charge on any atom is 0.264 e. The predicted octanol–water partition coefficient (Wildman–Crippen LogP) is 10.8. The van der Waals surface area contributed by atoms with Gasteiger partial charge in [-0.3, -0.25) is 9.59 Å². The summed E-state index contributed by atoms with van der Waals surface area (Å²) in [6.45, 7) is 10.3. The quantitative estimate of drug-likeness (QED) is 0.122. The number of amides is 2. The molecule has 4 aliphatic heterocycles. The molecule has 4 aromatic rings. The van der Waals surface area contributed by atoms with Crippen molar-refractivity contribution in [2.24, 2.45) is 23.7 Å². The summed E-state index contributed by atoms with van der Waals surface area (Å²) >= 11 is 12.8. The van der Waals surface area contributed by atoms with Crippen molar-refractivity contribution in [3.63, 3.8) is 0 Å². The number of rotatable bonds is 0. The van der Waals surface area contributed by atoms with Crippen molar-refractivity contribution in [1.29, 1.82) is 0 Å². The van der Waals surface area contributed by atoms with Crippen LogP contribution in [0.4, 0.5) is 11.4 Å². The Morgan fingerprint density at radius 1 is 0.561 bits per heavy atom. The predicted molar refractivity (Wildman–Crippen MR) is 323 cm³/mol. The topological polar surface area (TPSA) is 192 Å². The van der Waals surface area contributed by atoms with Gasteiger partial charge in [0, 0.05) is 58.2 Å². The molecular formula is C64H78Cl2N4O10S2. The third-order valence-electron chi connectivity index (χ3n) is 19.7. The van der Waals surface area contributed by atoms with Gasteiger partial charge < -0.3 is 29.5 Å². The number of aryl methyl sites for hydroxylation is 2. The maximum absolute atomic E-state index is 13.3. The summed E-state index contributed by atoms with van der Waals surface area (Å²) in [5.74, 6) is 0.905. The summed E-state index contributed by atoms with van der Waals surface area (Å²) in [6.07, 6.45) is 17.7. The molecule has 0 radical (unpaired) electrons. The third-order valence-corrected chi connectivity index (χ3v) is 24.4. The second-order valence-electron chi connectivity index (χ2n) is 25.9. The second kappa shape index (κ2) is 22.7. The highest BCUT2D eigenvalue weighted by Gasteiger charge is 2.47. The van der Waals surface area contributed by atoms with E-state index in [4.69, 9.17) is 32.7 Å². The molecule has 2 spiro atoms. The highest BCUT2D eigenvalue weighted by atomic mass is 35.5. The van der Waals surface area contributed by atoms with E-state index in [0.29, 0.717) is 76.6 Å². The van der Waals surface area contributed by atoms with Crippen LogP contribution in [0.1, 0.15) is 148 Å². The lowest BCUT2D eigenvalue weighted by molar-refractivity contribution is 0.0454. The summed E-state index contributed by atoms with van der Waals surface area (Å²) in [6, 6.07) is 22.7. The van der Waals surface area contributed by atoms with E-state index in [1.165, 1.54) is 22.3 Å². The molecule has 2 fully saturated rings. The number of halogens is 2. The molecule has 4 aromatic carbocycles. The van der Waals surface area contributed by atoms with E-state index in [-0.39, 0.29) is 45.6 Å². The second-order valence-corrected chi connectivity index (χ2v) is 31.4. The van der Waals surface area contributed by atoms with E-state index in [2.05, 4.69) is 43.5 Å². The van der Waals surface area contributed by atoms with Crippen molar-refractivity contribution in [3.05, 3.63) is 141 Å². The van der Waals surface area contributed by atoms with Crippen LogP contribution in [0.3, 0.4) is 0 Å². The smallest absolute Gasteiger partial charge is 0.264 e. The molecule has 82 heavy (non-hydrogen) atoms. The number of nitrogens with zero attached hydrogens (tertiary/aromatic N) is 2. The zero-order chi connectivity index (χ0) is 58.0. The van der Waals surface area contributed by atoms with Crippen molar-refractivity contribution in [2.45, 2.75) is 150 Å². The summed E-state index contributed by atoms with van der Waals surface area (Å²) in [5.41, 5.74) is 6.63. The first-order valence-corrected chi connectivity index (χ1v) is 33.1. The van der Waals surface area contributed by atoms with Crippen molar-refractivity contribution >= 4 is 66.4 Å². The Morgan fingerprint density at radius 3 is 1.37 bits per heavy atom. The van der Waals surface area contributed by atoms with Gasteiger partial charge in [0.05, 0.1) is 46.3 Å². The van der Waals surface area contributed by atoms with Crippen molar-refractivity contribution < 1.29 is 46.1 Å². The molecule has 4 aliphatic carbocycles. The number of ether oxygens (including phenoxy) is 2. The average Bonchev–Trinajstić information content (AvgIpc) is 3.72. The van der Waals surface area contributed by atoms with E-state index >= 15 is 0 Å². The number of fused-ring (bicyclic) bond motifs is 8. The normalized spacial score (nSPS) is 31.5. The Bertz CT molecular complexity index is 3200. The van der Waals surface area contributed by atoms with Crippen molar-refractivity contribution in [2.75, 3.05) is 49.2 Å². The lowest BCUT2D eigenvalue weighted by Crippen LogP contribution is -2.49. The van der Waals surface area contributed by atoms with E-state index < -0.39 is 53.6 Å². The standard InChI is InChI=1S/2C32H39ClN2O5S/c2*1-31(2)14-4-3-7-28(36)25-11-8-23(25)18-35-19-32(15-5-6-21-16-24(33)10-12-26(21)32)20-40-29-13-9-22(17-27(29)35)30(37)34-41(31,38)39/h2*3,7,9-10,12-13,16-17,23,25,28,36H,4-6,8,11,14-15,18-20H2,1-2H3,(H,34,37)/b7-3+;7-3-/t23-,25+,28-,32-;23-,25+,28+,32-/m00/s1. The number of benzene rings is 4. The fourth-order valence-electron chi connectivity index (χ4n) is 14.1. The fraction of sp³-hybridized carbons (Fsp3) is 0.531. The average molecular weight is 1200 g/mol. The molecule has 2 amide bonds. The Hall–Kier alpha value is -5.10. The number of anilines is 2. The van der Waals surface area contributed by atoms with Gasteiger partial charge in [-0.1, -0.05) is 59.6 Å². The summed E-state index contributed by atoms with van der Waals surface area (Å²) in [5, 5.41) is 23.6. The van der Waals surface area contributed by atoms with Crippen LogP contribution in [0.5, 0.6) is 11.5 Å². The Labute approximate surface area is 494 Å². The molecule has 8 atom stereocenters. The lowest BCUT2D eigenvalue weighted by atomic mass is 9.68. The van der Waals surface area contributed by atoms with E-state index in [1.54, 1.807) is 64.1 Å². The van der Waals surface area contributed by atoms with E-state index in [9.17, 15) is 36.6 Å². The molecule has 440 valence electrons. The molecule has 0 aromatic heterocycles. The zero-order valence-electron chi connectivity index (χ0n) is 47.5. The molecule has 8 aliphatic rings. The van der Waals surface area contributed by atoms with E-state index in [1.807, 2.05) is 36.4 Å². The van der Waals surface area contributed by atoms with Crippen LogP contribution in [0.25, 0.3) is 0 Å². The summed E-state index contributed by atoms with van der Waals surface area (Å²) in [7, 11) is -7.92. The molecule has 18 heteroatoms. The fourth-order valence-corrected chi connectivity index (χ4v) is 16.6. The highest BCUT2D eigenvalue weighted by molar-refractivity contribution is 7.91. The van der Waals surface area contributed by atoms with Crippen LogP contribution in [0.15, 0.2) is 97.1 Å². The molecule has 14 nitrogen and oxygen atoms in total. The van der Waals surface area contributed by atoms with Gasteiger partial charge in [0.1, 0.15) is 11.5 Å². The van der Waals surface area contributed by atoms with Gasteiger partial charge in [0.15, 0.2) is 0 Å². The molecule has 12 rings (SSSR count). The number of hydrogen-bond donors (Lipinski definition) is 4. The zero-order valence-corrected chi connectivity index (χ0v) is 50.6. The minimum atomic E-state index is -3.96. The Morgan fingerprint density at radius 2 is 0.976 bits per heavy atom. The van der Waals surface area contributed by atoms with Gasteiger partial charge in [-0.15, -0.1) is 0 Å². The van der Waals surface area contributed by atoms with Crippen LogP contribution in [-0.2, 0) is 43.7 Å². The van der Waals surface area contributed by atoms with Gasteiger partial charge in [0.25, 0.3) is 11.8 Å². The first-order chi connectivity index (χ1) is 39.0. The largest absolute Gasteiger partial charge is 0.490 e. The number of allylic oxidation sites excluding steroid dienone is 2. The summed E-state index contributed by atoms with van der Waals surface area (Å²) < 4.78 is 68.3. The van der Waals surface area contributed by atoms with Crippen LogP contribution in [0, 0.1) is 23.7 Å². The first-order valence-electron chi connectivity index (χ1n) is 29.4. The number of aliphatic hydroxyl groups is 2. The number of hydrogen-bond acceptors (Lipinski definition) is 12. The number of sulfonamides is 2. The number of carbonyl (C=O) groups excluding carboxylic acids is 2. The SMILES string of the molecule is CC1(C)CC/C=C/[C@H](O)[C@@H]2CC[C@H]2CN2C[C@@]3(CCCc4cc(Cl)ccc43)COc3ccc(cc32)C(=O)NS1(=O)=O.CC1(C)CC/C=C\[C@@H](O)[C@@H]2CC[C@H]2CN2C[C@@]3(CCCc4cc(Cl)ccc43)COc3ccc(cc32)C(=O)NS1(=O)=O. The van der Waals surface area contributed by atoms with Crippen molar-refractivity contribution in [3.8, 4) is 11.5 Å². The Balaban J connectivity index is 0.000000172. The molecule has 4 heterocycles. The number of aliphatic hydroxyl groups excluding tert-OH is 2. The van der Waals surface area contributed by atoms with Gasteiger partial charge in [0.2, 0.25) is 20.0 Å². The third kappa shape index (κ3) is 11.5. The molecular weight excluding hydrogens is 1120 g/mol. The molecule has 0 unspecified atom stereocenters. The number of carbonyl (C=O) groups is 2. The molecule has 0 saturated heterocycles. The Kier molecular flexibility index (Phi) is 16.3. The van der Waals surface area contributed by atoms with Gasteiger partial charge in [-0.25, -0.2) is 26.3 Å². The van der Waals surface area contributed by atoms with Crippen LogP contribution >= 0.6 is 23.2 Å². The van der Waals surface area contributed by atoms with Gasteiger partial charge >= 0.3 is 0 Å². The monoisotopic (exact) mass is 1200 g/mol. The number of nitrogens with one attached hydrogen (secondary N) is 2. The van der Waals surface area contributed by atoms with Crippen molar-refractivity contribution in [1.82, 2.24) is 9.44 Å². The molecule has 4 bridgehead atoms. The maximum atomic E-state index is 13.3. The van der Waals surface area contributed by atoms with Crippen LogP contribution < -0.4 is 28.7 Å². The molecule has 4 N–H and O–H groups in total.